The first-order valence-corrected chi connectivity index (χ1v) is 7.23. The molecule has 0 aliphatic carbocycles. The molecule has 2 unspecified atom stereocenters. The van der Waals surface area contributed by atoms with E-state index in [0.29, 0.717) is 11.7 Å². The number of urea groups is 1. The van der Waals surface area contributed by atoms with Crippen molar-refractivity contribution < 1.29 is 9.59 Å². The van der Waals surface area contributed by atoms with Crippen LogP contribution in [0.15, 0.2) is 0 Å². The van der Waals surface area contributed by atoms with E-state index in [1.807, 2.05) is 0 Å². The summed E-state index contributed by atoms with van der Waals surface area (Å²) in [7, 11) is 1.74. The van der Waals surface area contributed by atoms with E-state index in [2.05, 4.69) is 5.32 Å². The summed E-state index contributed by atoms with van der Waals surface area (Å²) < 4.78 is 0. The van der Waals surface area contributed by atoms with Gasteiger partial charge in [-0.1, -0.05) is 6.42 Å². The van der Waals surface area contributed by atoms with Gasteiger partial charge < -0.3 is 21.7 Å². The molecule has 0 bridgehead atoms. The number of nitrogens with zero attached hydrogens (tertiary/aromatic N) is 1. The predicted molar refractivity (Wildman–Crippen MR) is 70.9 cm³/mol. The first kappa shape index (κ1) is 13.5. The minimum absolute atomic E-state index is 0.00794. The molecule has 0 aromatic heterocycles. The van der Waals surface area contributed by atoms with Gasteiger partial charge >= 0.3 is 6.03 Å². The van der Waals surface area contributed by atoms with Gasteiger partial charge in [-0.2, -0.15) is 11.8 Å². The van der Waals surface area contributed by atoms with Crippen LogP contribution in [0.3, 0.4) is 0 Å². The van der Waals surface area contributed by atoms with Gasteiger partial charge in [-0.3, -0.25) is 4.79 Å². The van der Waals surface area contributed by atoms with Crippen molar-refractivity contribution in [1.29, 1.82) is 0 Å². The lowest BCUT2D eigenvalue weighted by Gasteiger charge is -2.29. The number of nitrogens with two attached hydrogens (primary N) is 2. The molecule has 0 spiro atoms. The van der Waals surface area contributed by atoms with Gasteiger partial charge in [0.1, 0.15) is 5.66 Å². The summed E-state index contributed by atoms with van der Waals surface area (Å²) in [5.41, 5.74) is 10.8. The lowest BCUT2D eigenvalue weighted by molar-refractivity contribution is -0.118. The third-order valence-electron chi connectivity index (χ3n) is 3.81. The molecule has 18 heavy (non-hydrogen) atoms. The topological polar surface area (TPSA) is 101 Å². The predicted octanol–water partition coefficient (Wildman–Crippen LogP) is -0.174. The summed E-state index contributed by atoms with van der Waals surface area (Å²) in [6.07, 6.45) is 3.13. The Morgan fingerprint density at radius 2 is 2.33 bits per heavy atom. The van der Waals surface area contributed by atoms with Crippen LogP contribution in [0.5, 0.6) is 0 Å². The Morgan fingerprint density at radius 3 is 3.00 bits per heavy atom. The molecule has 7 heteroatoms. The average molecular weight is 272 g/mol. The van der Waals surface area contributed by atoms with Crippen LogP contribution in [0.4, 0.5) is 4.79 Å². The van der Waals surface area contributed by atoms with Gasteiger partial charge in [0.25, 0.3) is 0 Å². The van der Waals surface area contributed by atoms with Crippen molar-refractivity contribution in [3.05, 3.63) is 0 Å². The van der Waals surface area contributed by atoms with Gasteiger partial charge in [0, 0.05) is 24.5 Å². The lowest BCUT2D eigenvalue weighted by atomic mass is 9.97. The number of hydrogen-bond acceptors (Lipinski definition) is 4. The van der Waals surface area contributed by atoms with Crippen LogP contribution in [-0.4, -0.2) is 46.6 Å². The maximum Gasteiger partial charge on any atom is 0.319 e. The Labute approximate surface area is 111 Å². The number of rotatable bonds is 5. The van der Waals surface area contributed by atoms with E-state index in [0.717, 1.165) is 25.0 Å². The van der Waals surface area contributed by atoms with Crippen LogP contribution in [-0.2, 0) is 4.79 Å². The van der Waals surface area contributed by atoms with Crippen LogP contribution in [0.25, 0.3) is 0 Å². The zero-order valence-corrected chi connectivity index (χ0v) is 11.3. The average Bonchev–Trinajstić information content (AvgIpc) is 2.72. The summed E-state index contributed by atoms with van der Waals surface area (Å²) in [5, 5.41) is 3.29. The minimum Gasteiger partial charge on any atom is -0.370 e. The molecular weight excluding hydrogens is 252 g/mol. The second-order valence-electron chi connectivity index (χ2n) is 5.04. The molecule has 0 aromatic carbocycles. The van der Waals surface area contributed by atoms with Crippen molar-refractivity contribution in [2.45, 2.75) is 42.6 Å². The first-order valence-electron chi connectivity index (χ1n) is 6.18. The summed E-state index contributed by atoms with van der Waals surface area (Å²) in [6, 6.07) is -0.0847. The smallest absolute Gasteiger partial charge is 0.319 e. The number of nitrogens with one attached hydrogen (secondary N) is 1. The quantitative estimate of drug-likeness (QED) is 0.477. The third kappa shape index (κ3) is 2.29. The van der Waals surface area contributed by atoms with E-state index in [1.54, 1.807) is 23.7 Å². The molecule has 0 saturated carbocycles. The highest BCUT2D eigenvalue weighted by molar-refractivity contribution is 8.00. The van der Waals surface area contributed by atoms with Gasteiger partial charge in [0.15, 0.2) is 0 Å². The largest absolute Gasteiger partial charge is 0.370 e. The molecule has 102 valence electrons. The highest BCUT2D eigenvalue weighted by Gasteiger charge is 2.55. The van der Waals surface area contributed by atoms with Crippen molar-refractivity contribution in [2.75, 3.05) is 12.8 Å². The van der Waals surface area contributed by atoms with E-state index in [1.165, 1.54) is 0 Å². The molecular formula is C11H20N4O2S. The zero-order valence-electron chi connectivity index (χ0n) is 10.5. The van der Waals surface area contributed by atoms with Crippen LogP contribution in [0.2, 0.25) is 0 Å². The highest BCUT2D eigenvalue weighted by atomic mass is 32.2. The van der Waals surface area contributed by atoms with Gasteiger partial charge in [0.05, 0.1) is 6.04 Å². The molecule has 3 atom stereocenters. The maximum absolute atomic E-state index is 11.6. The van der Waals surface area contributed by atoms with Crippen LogP contribution in [0, 0.1) is 0 Å². The Balaban J connectivity index is 1.86. The molecule has 0 radical (unpaired) electrons. The number of amides is 3. The molecule has 3 amide bonds. The number of thioether (sulfide) groups is 1. The van der Waals surface area contributed by atoms with Crippen molar-refractivity contribution in [3.8, 4) is 0 Å². The summed E-state index contributed by atoms with van der Waals surface area (Å²) in [4.78, 5) is 23.9. The molecule has 2 saturated heterocycles. The van der Waals surface area contributed by atoms with E-state index >= 15 is 0 Å². The molecule has 2 fully saturated rings. The number of primary amides is 1. The van der Waals surface area contributed by atoms with E-state index < -0.39 is 5.66 Å². The first-order chi connectivity index (χ1) is 8.45. The molecule has 2 rings (SSSR count). The lowest BCUT2D eigenvalue weighted by Crippen LogP contribution is -2.58. The zero-order chi connectivity index (χ0) is 13.3. The second kappa shape index (κ2) is 4.97. The molecule has 0 aromatic rings. The monoisotopic (exact) mass is 272 g/mol. The molecule has 2 aliphatic heterocycles. The summed E-state index contributed by atoms with van der Waals surface area (Å²) in [5.74, 6) is 0.504. The van der Waals surface area contributed by atoms with Crippen molar-refractivity contribution in [1.82, 2.24) is 10.2 Å². The standard InChI is InChI=1S/C11H20N4O2S/c1-15-10(17)14-9-7(18-6-11(9,15)13)4-2-3-5-8(12)16/h7,9H,2-6,13H2,1H3,(H2,12,16)(H,14,17)/t7-,9?,11?/m0/s1. The van der Waals surface area contributed by atoms with Crippen LogP contribution < -0.4 is 16.8 Å². The van der Waals surface area contributed by atoms with E-state index in [-0.39, 0.29) is 18.0 Å². The number of fused-ring (bicyclic) bond motifs is 1. The summed E-state index contributed by atoms with van der Waals surface area (Å²) in [6.45, 7) is 0. The Kier molecular flexibility index (Phi) is 3.72. The van der Waals surface area contributed by atoms with Gasteiger partial charge in [-0.25, -0.2) is 4.79 Å². The summed E-state index contributed by atoms with van der Waals surface area (Å²) >= 11 is 1.80. The molecule has 5 N–H and O–H groups in total. The Hall–Kier alpha value is -0.950. The fourth-order valence-electron chi connectivity index (χ4n) is 2.59. The Bertz CT molecular complexity index is 365. The second-order valence-corrected chi connectivity index (χ2v) is 6.27. The maximum atomic E-state index is 11.6. The fraction of sp³-hybridized carbons (Fsp3) is 0.818. The number of likely N-dealkylation sites (N-methyl/N-ethyl adjacent to an activating group) is 1. The molecule has 6 nitrogen and oxygen atoms in total. The van der Waals surface area contributed by atoms with E-state index in [9.17, 15) is 9.59 Å². The van der Waals surface area contributed by atoms with Crippen molar-refractivity contribution >= 4 is 23.7 Å². The SMILES string of the molecule is CN1C(=O)NC2[C@H](CCCCC(N)=O)SCC21N. The van der Waals surface area contributed by atoms with Crippen molar-refractivity contribution in [2.24, 2.45) is 11.5 Å². The number of carbonyl (C=O) groups is 2. The normalized spacial score (nSPS) is 34.6. The highest BCUT2D eigenvalue weighted by Crippen LogP contribution is 2.40. The molecule has 2 heterocycles. The minimum atomic E-state index is -0.559. The fourth-order valence-corrected chi connectivity index (χ4v) is 4.27. The number of carbonyl (C=O) groups excluding carboxylic acids is 2. The van der Waals surface area contributed by atoms with E-state index in [4.69, 9.17) is 11.5 Å². The Morgan fingerprint density at radius 1 is 1.61 bits per heavy atom. The van der Waals surface area contributed by atoms with Crippen LogP contribution >= 0.6 is 11.8 Å². The number of hydrogen-bond donors (Lipinski definition) is 3. The van der Waals surface area contributed by atoms with Gasteiger partial charge in [0.2, 0.25) is 5.91 Å². The van der Waals surface area contributed by atoms with Crippen molar-refractivity contribution in [3.63, 3.8) is 0 Å². The third-order valence-corrected chi connectivity index (χ3v) is 5.37. The van der Waals surface area contributed by atoms with Gasteiger partial charge in [-0.15, -0.1) is 0 Å². The van der Waals surface area contributed by atoms with Gasteiger partial charge in [-0.05, 0) is 12.8 Å². The number of unbranched alkanes of at least 4 members (excludes halogenated alkanes) is 1. The van der Waals surface area contributed by atoms with Crippen LogP contribution in [0.1, 0.15) is 25.7 Å². The molecule has 2 aliphatic rings.